The minimum absolute atomic E-state index is 0.130. The fourth-order valence-electron chi connectivity index (χ4n) is 6.16. The molecular weight excluding hydrogens is 412 g/mol. The number of nitrogens with zero attached hydrogens (tertiary/aromatic N) is 5. The Labute approximate surface area is 183 Å². The van der Waals surface area contributed by atoms with Crippen molar-refractivity contribution in [2.24, 2.45) is 15.9 Å². The number of aromatic nitrogens is 2. The summed E-state index contributed by atoms with van der Waals surface area (Å²) < 4.78 is 29.6. The topological polar surface area (TPSA) is 77.4 Å². The van der Waals surface area contributed by atoms with Crippen molar-refractivity contribution in [3.8, 4) is 6.07 Å². The third-order valence-corrected chi connectivity index (χ3v) is 7.36. The largest absolute Gasteiger partial charge is 0.371 e. The van der Waals surface area contributed by atoms with Gasteiger partial charge in [-0.3, -0.25) is 5.01 Å². The lowest BCUT2D eigenvalue weighted by Gasteiger charge is -2.73. The molecule has 2 unspecified atom stereocenters. The Hall–Kier alpha value is -3.31. The Morgan fingerprint density at radius 3 is 2.62 bits per heavy atom. The fourth-order valence-corrected chi connectivity index (χ4v) is 6.16. The molecule has 3 saturated carbocycles. The highest BCUT2D eigenvalue weighted by atomic mass is 19.1. The zero-order valence-electron chi connectivity index (χ0n) is 17.2. The van der Waals surface area contributed by atoms with Crippen molar-refractivity contribution in [1.29, 1.82) is 5.26 Å². The smallest absolute Gasteiger partial charge is 0.148 e. The number of pyridine rings is 1. The van der Waals surface area contributed by atoms with Gasteiger partial charge in [-0.15, -0.1) is 0 Å². The molecule has 3 fully saturated rings. The number of aliphatic hydroxyl groups excluding tert-OH is 1. The van der Waals surface area contributed by atoms with Gasteiger partial charge >= 0.3 is 0 Å². The lowest BCUT2D eigenvalue weighted by Crippen LogP contribution is -2.70. The lowest BCUT2D eigenvalue weighted by molar-refractivity contribution is -0.296. The molecule has 6 nitrogen and oxygen atoms in total. The van der Waals surface area contributed by atoms with Crippen LogP contribution in [0.3, 0.4) is 0 Å². The first-order valence-electron chi connectivity index (χ1n) is 10.7. The minimum atomic E-state index is -0.791. The van der Waals surface area contributed by atoms with Crippen LogP contribution in [0, 0.1) is 33.8 Å². The average molecular weight is 433 g/mol. The van der Waals surface area contributed by atoms with E-state index < -0.39 is 17.9 Å². The molecule has 2 aromatic heterocycles. The minimum Gasteiger partial charge on any atom is -0.371 e. The summed E-state index contributed by atoms with van der Waals surface area (Å²) in [5, 5.41) is 26.2. The van der Waals surface area contributed by atoms with Crippen molar-refractivity contribution in [2.75, 3.05) is 0 Å². The molecule has 162 valence electrons. The van der Waals surface area contributed by atoms with Crippen molar-refractivity contribution < 1.29 is 13.9 Å². The maximum Gasteiger partial charge on any atom is 0.148 e. The molecule has 4 aliphatic rings. The van der Waals surface area contributed by atoms with Crippen molar-refractivity contribution in [2.45, 2.75) is 44.5 Å². The molecule has 8 heteroatoms. The highest BCUT2D eigenvalue weighted by molar-refractivity contribution is 5.76. The van der Waals surface area contributed by atoms with E-state index in [1.54, 1.807) is 17.3 Å². The van der Waals surface area contributed by atoms with Gasteiger partial charge in [0.05, 0.1) is 17.1 Å². The molecular formula is C24H21F2N5O. The van der Waals surface area contributed by atoms with E-state index in [0.717, 1.165) is 42.9 Å². The Bertz CT molecular complexity index is 1270. The molecule has 2 atom stereocenters. The number of hydrogen-bond donors (Lipinski definition) is 1. The summed E-state index contributed by atoms with van der Waals surface area (Å²) in [7, 11) is 0. The Balaban J connectivity index is 1.17. The Kier molecular flexibility index (Phi) is 3.99. The van der Waals surface area contributed by atoms with Crippen LogP contribution in [-0.2, 0) is 6.54 Å². The lowest BCUT2D eigenvalue weighted by atomic mass is 9.34. The standard InChI is InChI=1S/C24H21F2N5O/c25-16-7-15(8-17(26)9-16)20-3-5-28-31(20)22(32)24-11-23(12-24,13-24)14-30-6-4-19-21(30)2-1-18(10-27)29-19/h1-2,4-9,20,22,32H,3,11-14H2. The zero-order chi connectivity index (χ0) is 22.1. The van der Waals surface area contributed by atoms with E-state index in [0.29, 0.717) is 17.7 Å². The van der Waals surface area contributed by atoms with Gasteiger partial charge in [-0.2, -0.15) is 10.4 Å². The second-order valence-corrected chi connectivity index (χ2v) is 9.56. The molecule has 7 rings (SSSR count). The Morgan fingerprint density at radius 2 is 1.91 bits per heavy atom. The van der Waals surface area contributed by atoms with Gasteiger partial charge in [0.15, 0.2) is 0 Å². The molecule has 0 radical (unpaired) electrons. The van der Waals surface area contributed by atoms with Gasteiger partial charge in [-0.1, -0.05) is 0 Å². The van der Waals surface area contributed by atoms with E-state index in [1.807, 2.05) is 18.3 Å². The third-order valence-electron chi connectivity index (χ3n) is 7.36. The Morgan fingerprint density at radius 1 is 1.16 bits per heavy atom. The van der Waals surface area contributed by atoms with Crippen molar-refractivity contribution in [3.63, 3.8) is 0 Å². The fraction of sp³-hybridized carbons (Fsp3) is 0.375. The van der Waals surface area contributed by atoms with Crippen LogP contribution in [0.1, 0.15) is 43.0 Å². The maximum absolute atomic E-state index is 13.7. The van der Waals surface area contributed by atoms with Crippen molar-refractivity contribution >= 4 is 17.2 Å². The van der Waals surface area contributed by atoms with Crippen LogP contribution in [0.25, 0.3) is 11.0 Å². The second kappa shape index (κ2) is 6.59. The summed E-state index contributed by atoms with van der Waals surface area (Å²) in [4.78, 5) is 4.35. The van der Waals surface area contributed by atoms with Crippen LogP contribution in [0.2, 0.25) is 0 Å². The molecule has 3 aliphatic carbocycles. The predicted octanol–water partition coefficient (Wildman–Crippen LogP) is 4.11. The SMILES string of the molecule is N#Cc1ccc2c(ccn2CC23CC(C(O)N4N=CCC4c4cc(F)cc(F)c4)(C2)C3)n1. The first-order chi connectivity index (χ1) is 15.4. The first-order valence-corrected chi connectivity index (χ1v) is 10.7. The van der Waals surface area contributed by atoms with Gasteiger partial charge in [-0.25, -0.2) is 13.8 Å². The van der Waals surface area contributed by atoms with E-state index >= 15 is 0 Å². The zero-order valence-corrected chi connectivity index (χ0v) is 17.2. The quantitative estimate of drug-likeness (QED) is 0.657. The number of nitriles is 1. The summed E-state index contributed by atoms with van der Waals surface area (Å²) in [5.74, 6) is -1.25. The summed E-state index contributed by atoms with van der Waals surface area (Å²) in [6.07, 6.45) is 6.05. The normalized spacial score (nSPS) is 28.9. The van der Waals surface area contributed by atoms with Gasteiger partial charge in [0.2, 0.25) is 0 Å². The van der Waals surface area contributed by atoms with Gasteiger partial charge in [0.25, 0.3) is 0 Å². The van der Waals surface area contributed by atoms with Gasteiger partial charge < -0.3 is 9.67 Å². The summed E-state index contributed by atoms with van der Waals surface area (Å²) in [5.41, 5.74) is 2.60. The van der Waals surface area contributed by atoms with E-state index in [-0.39, 0.29) is 16.9 Å². The molecule has 3 heterocycles. The van der Waals surface area contributed by atoms with Crippen LogP contribution >= 0.6 is 0 Å². The van der Waals surface area contributed by atoms with Crippen LogP contribution in [0.4, 0.5) is 8.78 Å². The van der Waals surface area contributed by atoms with Gasteiger partial charge in [0, 0.05) is 36.9 Å². The average Bonchev–Trinajstić information content (AvgIpc) is 3.35. The van der Waals surface area contributed by atoms with Crippen molar-refractivity contribution in [3.05, 3.63) is 65.5 Å². The molecule has 3 aromatic rings. The van der Waals surface area contributed by atoms with Gasteiger partial charge in [0.1, 0.15) is 29.6 Å². The second-order valence-electron chi connectivity index (χ2n) is 9.56. The number of benzene rings is 1. The monoisotopic (exact) mass is 433 g/mol. The number of rotatable bonds is 5. The number of hydrazone groups is 1. The molecule has 0 saturated heterocycles. The van der Waals surface area contributed by atoms with E-state index in [2.05, 4.69) is 20.7 Å². The van der Waals surface area contributed by atoms with Crippen LogP contribution in [0.5, 0.6) is 0 Å². The van der Waals surface area contributed by atoms with E-state index in [9.17, 15) is 13.9 Å². The molecule has 0 spiro atoms. The summed E-state index contributed by atoms with van der Waals surface area (Å²) in [6, 6.07) is 10.8. The highest BCUT2D eigenvalue weighted by Gasteiger charge is 2.71. The summed E-state index contributed by atoms with van der Waals surface area (Å²) >= 11 is 0. The van der Waals surface area contributed by atoms with Crippen LogP contribution in [-0.4, -0.2) is 32.1 Å². The number of fused-ring (bicyclic) bond motifs is 1. The number of hydrogen-bond acceptors (Lipinski definition) is 5. The number of halogens is 2. The number of aliphatic hydroxyl groups is 1. The van der Waals surface area contributed by atoms with E-state index in [1.165, 1.54) is 12.1 Å². The van der Waals surface area contributed by atoms with Gasteiger partial charge in [-0.05, 0) is 60.6 Å². The predicted molar refractivity (Wildman–Crippen MR) is 113 cm³/mol. The molecule has 2 bridgehead atoms. The van der Waals surface area contributed by atoms with E-state index in [4.69, 9.17) is 5.26 Å². The molecule has 0 amide bonds. The van der Waals surface area contributed by atoms with Crippen LogP contribution in [0.15, 0.2) is 47.7 Å². The molecule has 1 aliphatic heterocycles. The molecule has 1 aromatic carbocycles. The third kappa shape index (κ3) is 2.77. The van der Waals surface area contributed by atoms with Crippen LogP contribution < -0.4 is 0 Å². The molecule has 1 N–H and O–H groups in total. The molecule has 32 heavy (non-hydrogen) atoms. The highest BCUT2D eigenvalue weighted by Crippen LogP contribution is 2.76. The first kappa shape index (κ1) is 19.4. The summed E-state index contributed by atoms with van der Waals surface area (Å²) in [6.45, 7) is 0.834. The maximum atomic E-state index is 13.7. The van der Waals surface area contributed by atoms with Crippen molar-refractivity contribution in [1.82, 2.24) is 14.6 Å².